The second kappa shape index (κ2) is 7.42. The van der Waals surface area contributed by atoms with Gasteiger partial charge in [0.25, 0.3) is 0 Å². The third-order valence-electron chi connectivity index (χ3n) is 4.49. The molecule has 1 atom stereocenters. The Balaban J connectivity index is 1.90. The first-order valence-corrected chi connectivity index (χ1v) is 9.01. The van der Waals surface area contributed by atoms with E-state index in [2.05, 4.69) is 15.3 Å². The Kier molecular flexibility index (Phi) is 4.83. The number of hydrogen-bond donors (Lipinski definition) is 3. The summed E-state index contributed by atoms with van der Waals surface area (Å²) in [7, 11) is 0. The lowest BCUT2D eigenvalue weighted by Crippen LogP contribution is -2.17. The third-order valence-corrected chi connectivity index (χ3v) is 4.84. The molecule has 4 rings (SSSR count). The highest BCUT2D eigenvalue weighted by atomic mass is 35.5. The van der Waals surface area contributed by atoms with Crippen LogP contribution in [-0.2, 0) is 0 Å². The second-order valence-corrected chi connectivity index (χ2v) is 6.63. The van der Waals surface area contributed by atoms with Crippen molar-refractivity contribution in [1.29, 1.82) is 0 Å². The van der Waals surface area contributed by atoms with E-state index in [4.69, 9.17) is 21.4 Å². The fraction of sp³-hybridized carbons (Fsp3) is 0.200. The summed E-state index contributed by atoms with van der Waals surface area (Å²) in [6.07, 6.45) is 2.03. The van der Waals surface area contributed by atoms with Crippen LogP contribution in [0.25, 0.3) is 0 Å². The number of nitrogens with zero attached hydrogens (tertiary/aromatic N) is 2. The van der Waals surface area contributed by atoms with E-state index in [-0.39, 0.29) is 18.3 Å². The maximum absolute atomic E-state index is 9.87. The number of aromatic nitrogens is 2. The monoisotopic (exact) mass is 383 g/mol. The third kappa shape index (κ3) is 3.29. The summed E-state index contributed by atoms with van der Waals surface area (Å²) in [6.45, 7) is 0.657. The molecule has 0 aliphatic carbocycles. The molecule has 27 heavy (non-hydrogen) atoms. The van der Waals surface area contributed by atoms with Crippen molar-refractivity contribution in [2.45, 2.75) is 12.3 Å². The Morgan fingerprint density at radius 2 is 1.96 bits per heavy atom. The molecule has 0 saturated heterocycles. The van der Waals surface area contributed by atoms with Crippen LogP contribution >= 0.6 is 11.6 Å². The minimum absolute atomic E-state index is 0.0901. The van der Waals surface area contributed by atoms with E-state index in [0.29, 0.717) is 35.4 Å². The second-order valence-electron chi connectivity index (χ2n) is 6.22. The van der Waals surface area contributed by atoms with Gasteiger partial charge < -0.3 is 20.3 Å². The number of phenols is 1. The van der Waals surface area contributed by atoms with Gasteiger partial charge in [0.05, 0.1) is 5.56 Å². The van der Waals surface area contributed by atoms with Crippen LogP contribution in [0.2, 0.25) is 5.02 Å². The predicted octanol–water partition coefficient (Wildman–Crippen LogP) is 3.92. The lowest BCUT2D eigenvalue weighted by atomic mass is 9.83. The van der Waals surface area contributed by atoms with Crippen LogP contribution < -0.4 is 10.1 Å². The van der Waals surface area contributed by atoms with Crippen molar-refractivity contribution in [2.75, 3.05) is 18.5 Å². The van der Waals surface area contributed by atoms with Crippen LogP contribution in [0.3, 0.4) is 0 Å². The van der Waals surface area contributed by atoms with Crippen LogP contribution in [0.1, 0.15) is 29.0 Å². The zero-order chi connectivity index (χ0) is 18.8. The number of phenolic OH excluding ortho intramolecular Hbond substituents is 1. The molecule has 2 aromatic carbocycles. The van der Waals surface area contributed by atoms with Gasteiger partial charge in [-0.1, -0.05) is 35.9 Å². The molecule has 1 aliphatic rings. The van der Waals surface area contributed by atoms with Crippen molar-refractivity contribution in [3.05, 3.63) is 70.5 Å². The number of anilines is 1. The summed E-state index contributed by atoms with van der Waals surface area (Å²) in [6, 6.07) is 12.6. The first-order valence-electron chi connectivity index (χ1n) is 8.64. The summed E-state index contributed by atoms with van der Waals surface area (Å²) >= 11 is 6.52. The first kappa shape index (κ1) is 17.6. The summed E-state index contributed by atoms with van der Waals surface area (Å²) in [4.78, 5) is 8.68. The van der Waals surface area contributed by atoms with Crippen LogP contribution in [-0.4, -0.2) is 33.3 Å². The molecule has 2 heterocycles. The van der Waals surface area contributed by atoms with Crippen molar-refractivity contribution < 1.29 is 14.9 Å². The summed E-state index contributed by atoms with van der Waals surface area (Å²) < 4.78 is 5.95. The molecule has 0 saturated carbocycles. The molecule has 0 fully saturated rings. The number of ether oxygens (including phenoxy) is 1. The van der Waals surface area contributed by atoms with Crippen molar-refractivity contribution in [2.24, 2.45) is 0 Å². The van der Waals surface area contributed by atoms with Gasteiger partial charge in [-0.25, -0.2) is 9.97 Å². The number of aliphatic hydroxyl groups is 1. The summed E-state index contributed by atoms with van der Waals surface area (Å²) in [5.74, 6) is 1.45. The maximum atomic E-state index is 9.87. The van der Waals surface area contributed by atoms with Crippen molar-refractivity contribution in [1.82, 2.24) is 9.97 Å². The van der Waals surface area contributed by atoms with E-state index in [1.807, 2.05) is 30.3 Å². The van der Waals surface area contributed by atoms with Crippen LogP contribution in [0.15, 0.2) is 48.8 Å². The molecule has 1 aliphatic heterocycles. The molecular weight excluding hydrogens is 366 g/mol. The highest BCUT2D eigenvalue weighted by Gasteiger charge is 2.34. The molecule has 0 radical (unpaired) electrons. The zero-order valence-electron chi connectivity index (χ0n) is 14.4. The molecule has 3 aromatic rings. The molecule has 1 aromatic heterocycles. The number of rotatable bonds is 5. The minimum Gasteiger partial charge on any atom is -0.508 e. The Labute approximate surface area is 161 Å². The van der Waals surface area contributed by atoms with Gasteiger partial charge in [0, 0.05) is 35.7 Å². The zero-order valence-corrected chi connectivity index (χ0v) is 15.1. The molecule has 3 N–H and O–H groups in total. The van der Waals surface area contributed by atoms with Gasteiger partial charge in [-0.3, -0.25) is 0 Å². The average Bonchev–Trinajstić information content (AvgIpc) is 2.67. The first-order chi connectivity index (χ1) is 13.2. The van der Waals surface area contributed by atoms with E-state index >= 15 is 0 Å². The molecule has 7 heteroatoms. The minimum atomic E-state index is -0.254. The molecule has 6 nitrogen and oxygen atoms in total. The highest BCUT2D eigenvalue weighted by molar-refractivity contribution is 6.31. The molecule has 138 valence electrons. The van der Waals surface area contributed by atoms with Crippen molar-refractivity contribution >= 4 is 17.4 Å². The van der Waals surface area contributed by atoms with Gasteiger partial charge in [-0.05, 0) is 24.1 Å². The molecule has 1 unspecified atom stereocenters. The van der Waals surface area contributed by atoms with Crippen LogP contribution in [0, 0.1) is 0 Å². The lowest BCUT2D eigenvalue weighted by Gasteiger charge is -2.29. The Morgan fingerprint density at radius 1 is 1.11 bits per heavy atom. The predicted molar refractivity (Wildman–Crippen MR) is 103 cm³/mol. The number of aromatic hydroxyl groups is 1. The number of aliphatic hydroxyl groups excluding tert-OH is 1. The SMILES string of the molecule is OCCCNc1ncnc2c1C(c1ccccc1Cl)c1ccc(O)cc1O2. The fourth-order valence-electron chi connectivity index (χ4n) is 3.29. The Hall–Kier alpha value is -2.83. The van der Waals surface area contributed by atoms with Crippen molar-refractivity contribution in [3.63, 3.8) is 0 Å². The van der Waals surface area contributed by atoms with E-state index in [9.17, 15) is 5.11 Å². The quantitative estimate of drug-likeness (QED) is 0.453. The Morgan fingerprint density at radius 3 is 2.78 bits per heavy atom. The molecule has 0 bridgehead atoms. The number of nitrogens with one attached hydrogen (secondary N) is 1. The maximum Gasteiger partial charge on any atom is 0.228 e. The Bertz CT molecular complexity index is 980. The summed E-state index contributed by atoms with van der Waals surface area (Å²) in [5, 5.41) is 22.8. The van der Waals surface area contributed by atoms with E-state index in [1.54, 1.807) is 12.1 Å². The van der Waals surface area contributed by atoms with Gasteiger partial charge in [0.1, 0.15) is 23.6 Å². The lowest BCUT2D eigenvalue weighted by molar-refractivity contribution is 0.292. The van der Waals surface area contributed by atoms with Crippen LogP contribution in [0.4, 0.5) is 5.82 Å². The number of fused-ring (bicyclic) bond motifs is 2. The van der Waals surface area contributed by atoms with Crippen LogP contribution in [0.5, 0.6) is 17.4 Å². The van der Waals surface area contributed by atoms with Gasteiger partial charge in [-0.15, -0.1) is 0 Å². The van der Waals surface area contributed by atoms with Gasteiger partial charge in [0.15, 0.2) is 0 Å². The average molecular weight is 384 g/mol. The topological polar surface area (TPSA) is 87.5 Å². The van der Waals surface area contributed by atoms with E-state index < -0.39 is 0 Å². The number of halogens is 1. The standard InChI is InChI=1S/C20H18ClN3O3/c21-15-5-2-1-4-13(15)17-14-7-6-12(26)10-16(14)27-20-18(17)19(23-11-24-20)22-8-3-9-25/h1-2,4-7,10-11,17,25-26H,3,8-9H2,(H,22,23,24). The van der Waals surface area contributed by atoms with Gasteiger partial charge in [-0.2, -0.15) is 0 Å². The van der Waals surface area contributed by atoms with Gasteiger partial charge in [0.2, 0.25) is 5.88 Å². The number of hydrogen-bond acceptors (Lipinski definition) is 6. The van der Waals surface area contributed by atoms with Gasteiger partial charge >= 0.3 is 0 Å². The van der Waals surface area contributed by atoms with Crippen molar-refractivity contribution in [3.8, 4) is 17.4 Å². The largest absolute Gasteiger partial charge is 0.508 e. The molecule has 0 amide bonds. The highest BCUT2D eigenvalue weighted by Crippen LogP contribution is 2.50. The fourth-order valence-corrected chi connectivity index (χ4v) is 3.53. The molecule has 0 spiro atoms. The molecular formula is C20H18ClN3O3. The van der Waals surface area contributed by atoms with E-state index in [1.165, 1.54) is 6.33 Å². The number of benzene rings is 2. The summed E-state index contributed by atoms with van der Waals surface area (Å²) in [5.41, 5.74) is 2.55. The van der Waals surface area contributed by atoms with E-state index in [0.717, 1.165) is 16.7 Å². The smallest absolute Gasteiger partial charge is 0.228 e. The normalized spacial score (nSPS) is 14.8.